The fraction of sp³-hybridized carbons (Fsp3) is 0.120. The molecular weight excluding hydrogens is 426 g/mol. The lowest BCUT2D eigenvalue weighted by molar-refractivity contribution is -0.115. The van der Waals surface area contributed by atoms with E-state index in [2.05, 4.69) is 64.3 Å². The van der Waals surface area contributed by atoms with Gasteiger partial charge in [-0.05, 0) is 73.1 Å². The van der Waals surface area contributed by atoms with Crippen LogP contribution in [0.2, 0.25) is 5.02 Å². The molecule has 0 bridgehead atoms. The number of amidine groups is 1. The molecule has 0 spiro atoms. The lowest BCUT2D eigenvalue weighted by Gasteiger charge is -2.03. The van der Waals surface area contributed by atoms with Gasteiger partial charge in [-0.25, -0.2) is 4.99 Å². The number of thioether (sulfide) groups is 1. The Morgan fingerprint density at radius 3 is 2.71 bits per heavy atom. The Hall–Kier alpha value is -3.02. The molecular formula is C25H20ClN3OS. The van der Waals surface area contributed by atoms with E-state index in [1.165, 1.54) is 33.6 Å². The van der Waals surface area contributed by atoms with Crippen molar-refractivity contribution >= 4 is 68.0 Å². The largest absolute Gasteiger partial charge is 0.341 e. The maximum absolute atomic E-state index is 12.5. The van der Waals surface area contributed by atoms with Gasteiger partial charge in [-0.3, -0.25) is 4.79 Å². The van der Waals surface area contributed by atoms with E-state index in [0.717, 1.165) is 23.4 Å². The Balaban J connectivity index is 1.52. The molecule has 1 aromatic heterocycles. The highest BCUT2D eigenvalue weighted by molar-refractivity contribution is 8.18. The standard InChI is InChI=1S/C25H20ClN3OS/c1-3-29-21-7-5-4-6-18(21)19-12-16(9-11-22(19)29)13-23-24(30)28-25(31-23)27-20-14-17(26)10-8-15(20)2/h4-14H,3H2,1-2H3,(H,27,28,30). The molecule has 1 aliphatic heterocycles. The lowest BCUT2D eigenvalue weighted by atomic mass is 10.1. The van der Waals surface area contributed by atoms with Gasteiger partial charge < -0.3 is 9.88 Å². The summed E-state index contributed by atoms with van der Waals surface area (Å²) in [6.07, 6.45) is 1.92. The van der Waals surface area contributed by atoms with Crippen LogP contribution in [0, 0.1) is 6.92 Å². The van der Waals surface area contributed by atoms with Gasteiger partial charge in [0.15, 0.2) is 5.17 Å². The van der Waals surface area contributed by atoms with E-state index in [-0.39, 0.29) is 5.91 Å². The summed E-state index contributed by atoms with van der Waals surface area (Å²) in [5, 5.41) is 6.46. The first kappa shape index (κ1) is 19.9. The summed E-state index contributed by atoms with van der Waals surface area (Å²) in [4.78, 5) is 17.8. The van der Waals surface area contributed by atoms with E-state index >= 15 is 0 Å². The minimum Gasteiger partial charge on any atom is -0.341 e. The van der Waals surface area contributed by atoms with Gasteiger partial charge in [0.25, 0.3) is 5.91 Å². The van der Waals surface area contributed by atoms with Gasteiger partial charge in [0.05, 0.1) is 10.6 Å². The quantitative estimate of drug-likeness (QED) is 0.358. The zero-order chi connectivity index (χ0) is 21.5. The minimum atomic E-state index is -0.139. The number of rotatable bonds is 3. The highest BCUT2D eigenvalue weighted by atomic mass is 35.5. The van der Waals surface area contributed by atoms with Crippen molar-refractivity contribution in [1.82, 2.24) is 9.88 Å². The first-order valence-corrected chi connectivity index (χ1v) is 11.3. The van der Waals surface area contributed by atoms with Gasteiger partial charge in [-0.2, -0.15) is 0 Å². The number of carbonyl (C=O) groups is 1. The van der Waals surface area contributed by atoms with Crippen molar-refractivity contribution in [3.8, 4) is 0 Å². The number of fused-ring (bicyclic) bond motifs is 3. The highest BCUT2D eigenvalue weighted by Gasteiger charge is 2.24. The SMILES string of the molecule is CCn1c2ccccc2c2cc(C=C3SC(=Nc4cc(Cl)ccc4C)NC3=O)ccc21. The average molecular weight is 446 g/mol. The molecule has 6 heteroatoms. The number of para-hydroxylation sites is 1. The Morgan fingerprint density at radius 2 is 1.87 bits per heavy atom. The zero-order valence-corrected chi connectivity index (χ0v) is 18.7. The van der Waals surface area contributed by atoms with Crippen LogP contribution in [-0.2, 0) is 11.3 Å². The number of carbonyl (C=O) groups excluding carboxylic acids is 1. The molecule has 3 aromatic carbocycles. The van der Waals surface area contributed by atoms with E-state index in [1.807, 2.05) is 25.1 Å². The molecule has 4 nitrogen and oxygen atoms in total. The molecule has 0 radical (unpaired) electrons. The van der Waals surface area contributed by atoms with Gasteiger partial charge in [0, 0.05) is 33.4 Å². The summed E-state index contributed by atoms with van der Waals surface area (Å²) >= 11 is 7.44. The zero-order valence-electron chi connectivity index (χ0n) is 17.1. The number of nitrogens with one attached hydrogen (secondary N) is 1. The molecule has 1 N–H and O–H groups in total. The molecule has 1 aliphatic rings. The van der Waals surface area contributed by atoms with Crippen molar-refractivity contribution in [2.45, 2.75) is 20.4 Å². The monoisotopic (exact) mass is 445 g/mol. The van der Waals surface area contributed by atoms with Gasteiger partial charge >= 0.3 is 0 Å². The predicted octanol–water partition coefficient (Wildman–Crippen LogP) is 6.67. The Morgan fingerprint density at radius 1 is 1.06 bits per heavy atom. The van der Waals surface area contributed by atoms with Crippen molar-refractivity contribution in [2.75, 3.05) is 0 Å². The normalized spacial score (nSPS) is 16.7. The van der Waals surface area contributed by atoms with Crippen molar-refractivity contribution in [3.05, 3.63) is 81.7 Å². The maximum Gasteiger partial charge on any atom is 0.264 e. The third kappa shape index (κ3) is 3.64. The van der Waals surface area contributed by atoms with Crippen LogP contribution in [0.1, 0.15) is 18.1 Å². The van der Waals surface area contributed by atoms with E-state index in [4.69, 9.17) is 11.6 Å². The minimum absolute atomic E-state index is 0.139. The van der Waals surface area contributed by atoms with E-state index < -0.39 is 0 Å². The molecule has 0 aliphatic carbocycles. The Kier molecular flexibility index (Phi) is 5.08. The van der Waals surface area contributed by atoms with Crippen LogP contribution >= 0.6 is 23.4 Å². The van der Waals surface area contributed by atoms with Crippen LogP contribution in [0.25, 0.3) is 27.9 Å². The topological polar surface area (TPSA) is 46.4 Å². The summed E-state index contributed by atoms with van der Waals surface area (Å²) in [7, 11) is 0. The van der Waals surface area contributed by atoms with E-state index in [9.17, 15) is 4.79 Å². The van der Waals surface area contributed by atoms with Gasteiger partial charge in [-0.15, -0.1) is 0 Å². The molecule has 1 fully saturated rings. The number of benzene rings is 3. The van der Waals surface area contributed by atoms with Crippen molar-refractivity contribution in [2.24, 2.45) is 4.99 Å². The van der Waals surface area contributed by atoms with Crippen LogP contribution in [0.15, 0.2) is 70.6 Å². The van der Waals surface area contributed by atoms with E-state index in [1.54, 1.807) is 6.07 Å². The Bertz CT molecular complexity index is 1420. The van der Waals surface area contributed by atoms with Crippen LogP contribution in [0.5, 0.6) is 0 Å². The molecule has 31 heavy (non-hydrogen) atoms. The van der Waals surface area contributed by atoms with Gasteiger partial charge in [0.2, 0.25) is 0 Å². The maximum atomic E-state index is 12.5. The molecule has 0 atom stereocenters. The molecule has 154 valence electrons. The highest BCUT2D eigenvalue weighted by Crippen LogP contribution is 2.33. The summed E-state index contributed by atoms with van der Waals surface area (Å²) in [5.74, 6) is -0.139. The van der Waals surface area contributed by atoms with E-state index in [0.29, 0.717) is 15.1 Å². The lowest BCUT2D eigenvalue weighted by Crippen LogP contribution is -2.19. The summed E-state index contributed by atoms with van der Waals surface area (Å²) in [6.45, 7) is 5.03. The average Bonchev–Trinajstić information content (AvgIpc) is 3.27. The van der Waals surface area contributed by atoms with Crippen LogP contribution < -0.4 is 5.32 Å². The summed E-state index contributed by atoms with van der Waals surface area (Å²) in [5.41, 5.74) is 5.17. The third-order valence-electron chi connectivity index (χ3n) is 5.45. The number of aromatic nitrogens is 1. The molecule has 1 saturated heterocycles. The number of amides is 1. The molecule has 2 heterocycles. The summed E-state index contributed by atoms with van der Waals surface area (Å²) in [6, 6.07) is 20.3. The van der Waals surface area contributed by atoms with Gasteiger partial charge in [-0.1, -0.05) is 41.9 Å². The first-order valence-electron chi connectivity index (χ1n) is 10.1. The first-order chi connectivity index (χ1) is 15.0. The molecule has 1 amide bonds. The fourth-order valence-electron chi connectivity index (χ4n) is 3.95. The van der Waals surface area contributed by atoms with Crippen molar-refractivity contribution < 1.29 is 4.79 Å². The molecule has 5 rings (SSSR count). The number of hydrogen-bond acceptors (Lipinski definition) is 3. The number of aliphatic imine (C=N–C) groups is 1. The number of halogens is 1. The predicted molar refractivity (Wildman–Crippen MR) is 132 cm³/mol. The second-order valence-corrected chi connectivity index (χ2v) is 8.92. The Labute approximate surface area is 189 Å². The van der Waals surface area contributed by atoms with Crippen molar-refractivity contribution in [3.63, 3.8) is 0 Å². The number of nitrogens with zero attached hydrogens (tertiary/aromatic N) is 2. The van der Waals surface area contributed by atoms with Crippen LogP contribution in [0.3, 0.4) is 0 Å². The van der Waals surface area contributed by atoms with Crippen LogP contribution in [0.4, 0.5) is 5.69 Å². The number of aryl methyl sites for hydroxylation is 2. The van der Waals surface area contributed by atoms with Crippen molar-refractivity contribution in [1.29, 1.82) is 0 Å². The second-order valence-electron chi connectivity index (χ2n) is 7.45. The fourth-order valence-corrected chi connectivity index (χ4v) is 4.95. The molecule has 4 aromatic rings. The summed E-state index contributed by atoms with van der Waals surface area (Å²) < 4.78 is 2.32. The van der Waals surface area contributed by atoms with Crippen LogP contribution in [-0.4, -0.2) is 15.6 Å². The molecule has 0 unspecified atom stereocenters. The third-order valence-corrected chi connectivity index (χ3v) is 6.60. The van der Waals surface area contributed by atoms with Gasteiger partial charge in [0.1, 0.15) is 0 Å². The second kappa shape index (κ2) is 7.91. The molecule has 0 saturated carbocycles. The smallest absolute Gasteiger partial charge is 0.264 e. The number of hydrogen-bond donors (Lipinski definition) is 1.